The molecule has 5 nitrogen and oxygen atoms in total. The van der Waals surface area contributed by atoms with Crippen molar-refractivity contribution in [1.29, 1.82) is 0 Å². The number of carboxylic acid groups (broad SMARTS) is 1. The summed E-state index contributed by atoms with van der Waals surface area (Å²) in [5, 5.41) is 8.91. The zero-order valence-electron chi connectivity index (χ0n) is 19.6. The van der Waals surface area contributed by atoms with Gasteiger partial charge in [-0.1, -0.05) is 19.1 Å². The van der Waals surface area contributed by atoms with Crippen LogP contribution in [0.25, 0.3) is 11.3 Å². The molecule has 0 aliphatic carbocycles. The van der Waals surface area contributed by atoms with Gasteiger partial charge in [-0.2, -0.15) is 13.2 Å². The Hall–Kier alpha value is -3.55. The van der Waals surface area contributed by atoms with Crippen LogP contribution in [0.4, 0.5) is 13.2 Å². The average Bonchev–Trinajstić information content (AvgIpc) is 2.83. The highest BCUT2D eigenvalue weighted by Gasteiger charge is 2.31. The minimum absolute atomic E-state index is 0.0759. The van der Waals surface area contributed by atoms with Gasteiger partial charge in [0, 0.05) is 24.6 Å². The summed E-state index contributed by atoms with van der Waals surface area (Å²) >= 11 is 0. The number of alkyl halides is 3. The second-order valence-corrected chi connectivity index (χ2v) is 8.17. The van der Waals surface area contributed by atoms with Crippen molar-refractivity contribution < 1.29 is 32.5 Å². The number of hydrogen-bond acceptors (Lipinski definition) is 4. The number of aromatic nitrogens is 1. The molecule has 0 saturated heterocycles. The molecule has 1 heterocycles. The van der Waals surface area contributed by atoms with Gasteiger partial charge in [0.25, 0.3) is 0 Å². The fraction of sp³-hybridized carbons (Fsp3) is 0.333. The third-order valence-corrected chi connectivity index (χ3v) is 5.54. The third kappa shape index (κ3) is 7.47. The van der Waals surface area contributed by atoms with E-state index in [0.29, 0.717) is 36.6 Å². The Balaban J connectivity index is 1.65. The van der Waals surface area contributed by atoms with Crippen LogP contribution >= 0.6 is 0 Å². The highest BCUT2D eigenvalue weighted by Crippen LogP contribution is 2.37. The minimum Gasteiger partial charge on any atom is -0.493 e. The normalized spacial score (nSPS) is 12.3. The first-order chi connectivity index (χ1) is 16.7. The maximum atomic E-state index is 13.3. The highest BCUT2D eigenvalue weighted by atomic mass is 19.4. The molecule has 0 fully saturated rings. The molecular formula is C27H28F3NO4. The number of nitrogens with zero attached hydrogens (tertiary/aromatic N) is 1. The first kappa shape index (κ1) is 26.1. The number of rotatable bonds is 11. The Bertz CT molecular complexity index is 1130. The van der Waals surface area contributed by atoms with Gasteiger partial charge in [-0.3, -0.25) is 9.78 Å². The molecule has 0 radical (unpaired) electrons. The van der Waals surface area contributed by atoms with E-state index < -0.39 is 17.7 Å². The summed E-state index contributed by atoms with van der Waals surface area (Å²) in [5.74, 6) is 0.165. The third-order valence-electron chi connectivity index (χ3n) is 5.54. The van der Waals surface area contributed by atoms with Gasteiger partial charge in [0.05, 0.1) is 24.0 Å². The Kier molecular flexibility index (Phi) is 8.73. The van der Waals surface area contributed by atoms with Crippen molar-refractivity contribution >= 4 is 5.97 Å². The lowest BCUT2D eigenvalue weighted by Crippen LogP contribution is -2.17. The number of hydrogen-bond donors (Lipinski definition) is 1. The Morgan fingerprint density at radius 2 is 1.89 bits per heavy atom. The Morgan fingerprint density at radius 3 is 2.54 bits per heavy atom. The van der Waals surface area contributed by atoms with Crippen molar-refractivity contribution in [1.82, 2.24) is 4.98 Å². The summed E-state index contributed by atoms with van der Waals surface area (Å²) in [7, 11) is 0. The molecule has 0 aliphatic rings. The van der Waals surface area contributed by atoms with E-state index in [4.69, 9.17) is 14.6 Å². The zero-order valence-corrected chi connectivity index (χ0v) is 19.6. The maximum Gasteiger partial charge on any atom is 0.416 e. The quantitative estimate of drug-likeness (QED) is 0.331. The minimum atomic E-state index is -4.47. The predicted molar refractivity (Wildman–Crippen MR) is 127 cm³/mol. The fourth-order valence-electron chi connectivity index (χ4n) is 3.66. The first-order valence-corrected chi connectivity index (χ1v) is 11.4. The van der Waals surface area contributed by atoms with Crippen LogP contribution in [0.2, 0.25) is 0 Å². The molecule has 1 unspecified atom stereocenters. The predicted octanol–water partition coefficient (Wildman–Crippen LogP) is 6.58. The molecule has 186 valence electrons. The van der Waals surface area contributed by atoms with Gasteiger partial charge >= 0.3 is 12.1 Å². The molecule has 8 heteroatoms. The van der Waals surface area contributed by atoms with Gasteiger partial charge < -0.3 is 14.6 Å². The SMILES string of the molecule is CCc1cc(OCCC(C)Oc2ccc(C(F)(F)F)cc2-c2ccccn2)ccc1CCC(=O)O. The van der Waals surface area contributed by atoms with Gasteiger partial charge in [0.15, 0.2) is 0 Å². The summed E-state index contributed by atoms with van der Waals surface area (Å²) in [6.07, 6.45) is -1.46. The van der Waals surface area contributed by atoms with Crippen molar-refractivity contribution in [3.63, 3.8) is 0 Å². The van der Waals surface area contributed by atoms with E-state index >= 15 is 0 Å². The summed E-state index contributed by atoms with van der Waals surface area (Å²) in [4.78, 5) is 15.0. The van der Waals surface area contributed by atoms with Crippen LogP contribution in [0, 0.1) is 0 Å². The van der Waals surface area contributed by atoms with Gasteiger partial charge in [-0.25, -0.2) is 0 Å². The average molecular weight is 488 g/mol. The number of aryl methyl sites for hydroxylation is 2. The number of carboxylic acids is 1. The molecule has 3 aromatic rings. The maximum absolute atomic E-state index is 13.3. The van der Waals surface area contributed by atoms with E-state index in [1.54, 1.807) is 18.2 Å². The van der Waals surface area contributed by atoms with Crippen molar-refractivity contribution in [2.75, 3.05) is 6.61 Å². The van der Waals surface area contributed by atoms with E-state index in [9.17, 15) is 18.0 Å². The van der Waals surface area contributed by atoms with E-state index in [-0.39, 0.29) is 18.1 Å². The molecule has 0 bridgehead atoms. The lowest BCUT2D eigenvalue weighted by Gasteiger charge is -2.19. The van der Waals surface area contributed by atoms with Crippen LogP contribution in [0.1, 0.15) is 43.4 Å². The van der Waals surface area contributed by atoms with Gasteiger partial charge in [-0.05, 0) is 73.4 Å². The molecule has 3 rings (SSSR count). The molecule has 0 spiro atoms. The van der Waals surface area contributed by atoms with Crippen LogP contribution in [0.3, 0.4) is 0 Å². The number of carbonyl (C=O) groups is 1. The lowest BCUT2D eigenvalue weighted by atomic mass is 10.0. The van der Waals surface area contributed by atoms with Crippen LogP contribution < -0.4 is 9.47 Å². The van der Waals surface area contributed by atoms with Crippen LogP contribution in [0.5, 0.6) is 11.5 Å². The zero-order chi connectivity index (χ0) is 25.4. The van der Waals surface area contributed by atoms with Gasteiger partial charge in [0.2, 0.25) is 0 Å². The number of benzene rings is 2. The van der Waals surface area contributed by atoms with Crippen molar-refractivity contribution in [3.8, 4) is 22.8 Å². The highest BCUT2D eigenvalue weighted by molar-refractivity contribution is 5.68. The summed E-state index contributed by atoms with van der Waals surface area (Å²) in [5.41, 5.74) is 1.94. The van der Waals surface area contributed by atoms with Crippen molar-refractivity contribution in [3.05, 3.63) is 77.5 Å². The van der Waals surface area contributed by atoms with Crippen LogP contribution in [-0.2, 0) is 23.8 Å². The molecule has 2 aromatic carbocycles. The standard InChI is InChI=1S/C27H28F3NO4/c1-3-19-16-22(10-7-20(19)8-12-26(32)33)34-15-13-18(2)35-25-11-9-21(27(28,29)30)17-23(25)24-6-4-5-14-31-24/h4-7,9-11,14,16-18H,3,8,12-13,15H2,1-2H3,(H,32,33). The van der Waals surface area contributed by atoms with Crippen LogP contribution in [0.15, 0.2) is 60.8 Å². The molecule has 1 N–H and O–H groups in total. The molecule has 0 aliphatic heterocycles. The number of ether oxygens (including phenoxy) is 2. The Labute approximate surface area is 202 Å². The van der Waals surface area contributed by atoms with E-state index in [1.807, 2.05) is 32.0 Å². The molecule has 1 aromatic heterocycles. The summed E-state index contributed by atoms with van der Waals surface area (Å²) in [6.45, 7) is 4.18. The topological polar surface area (TPSA) is 68.7 Å². The second-order valence-electron chi connectivity index (χ2n) is 8.17. The smallest absolute Gasteiger partial charge is 0.416 e. The molecular weight excluding hydrogens is 459 g/mol. The number of aliphatic carboxylic acids is 1. The molecule has 1 atom stereocenters. The van der Waals surface area contributed by atoms with E-state index in [1.165, 1.54) is 12.3 Å². The monoisotopic (exact) mass is 487 g/mol. The van der Waals surface area contributed by atoms with Gasteiger partial charge in [0.1, 0.15) is 11.5 Å². The first-order valence-electron chi connectivity index (χ1n) is 11.4. The van der Waals surface area contributed by atoms with Crippen molar-refractivity contribution in [2.45, 2.75) is 51.8 Å². The number of halogens is 3. The molecule has 0 amide bonds. The summed E-state index contributed by atoms with van der Waals surface area (Å²) < 4.78 is 51.6. The summed E-state index contributed by atoms with van der Waals surface area (Å²) in [6, 6.07) is 14.0. The van der Waals surface area contributed by atoms with Crippen molar-refractivity contribution in [2.24, 2.45) is 0 Å². The number of pyridine rings is 1. The lowest BCUT2D eigenvalue weighted by molar-refractivity contribution is -0.138. The van der Waals surface area contributed by atoms with E-state index in [2.05, 4.69) is 4.98 Å². The fourth-order valence-corrected chi connectivity index (χ4v) is 3.66. The van der Waals surface area contributed by atoms with Gasteiger partial charge in [-0.15, -0.1) is 0 Å². The van der Waals surface area contributed by atoms with Crippen LogP contribution in [-0.4, -0.2) is 28.8 Å². The Morgan fingerprint density at radius 1 is 1.09 bits per heavy atom. The van der Waals surface area contributed by atoms with E-state index in [0.717, 1.165) is 29.7 Å². The molecule has 35 heavy (non-hydrogen) atoms. The largest absolute Gasteiger partial charge is 0.493 e. The molecule has 0 saturated carbocycles. The second kappa shape index (κ2) is 11.7.